The van der Waals surface area contributed by atoms with Crippen LogP contribution in [0.5, 0.6) is 0 Å². The Labute approximate surface area is 144 Å². The Morgan fingerprint density at radius 1 is 1.40 bits per heavy atom. The molecule has 0 spiro atoms. The molecule has 0 saturated carbocycles. The van der Waals surface area contributed by atoms with Gasteiger partial charge in [-0.15, -0.1) is 0 Å². The SMILES string of the molecule is NC1(C(=O)Cc2ccccc2)C=CN([C@H]2C[C@H](O)[C@@H](CO)O2)C(=O)N1. The topological polar surface area (TPSA) is 125 Å². The molecule has 3 rings (SSSR count). The summed E-state index contributed by atoms with van der Waals surface area (Å²) in [7, 11) is 0. The molecular weight excluding hydrogens is 326 g/mol. The molecule has 25 heavy (non-hydrogen) atoms. The summed E-state index contributed by atoms with van der Waals surface area (Å²) in [5.74, 6) is -0.344. The predicted molar refractivity (Wildman–Crippen MR) is 88.0 cm³/mol. The van der Waals surface area contributed by atoms with E-state index in [4.69, 9.17) is 15.6 Å². The molecule has 2 aliphatic heterocycles. The Kier molecular flexibility index (Phi) is 4.87. The molecule has 4 atom stereocenters. The van der Waals surface area contributed by atoms with Crippen LogP contribution in [-0.2, 0) is 16.0 Å². The quantitative estimate of drug-likeness (QED) is 0.567. The summed E-state index contributed by atoms with van der Waals surface area (Å²) < 4.78 is 5.45. The lowest BCUT2D eigenvalue weighted by Gasteiger charge is -2.36. The second kappa shape index (κ2) is 6.93. The molecular formula is C17H21N3O5. The first-order chi connectivity index (χ1) is 11.9. The first-order valence-electron chi connectivity index (χ1n) is 8.03. The van der Waals surface area contributed by atoms with Crippen molar-refractivity contribution in [2.24, 2.45) is 5.73 Å². The van der Waals surface area contributed by atoms with Crippen molar-refractivity contribution >= 4 is 11.8 Å². The van der Waals surface area contributed by atoms with Gasteiger partial charge in [0, 0.05) is 19.0 Å². The van der Waals surface area contributed by atoms with Gasteiger partial charge in [-0.2, -0.15) is 0 Å². The third-order valence-electron chi connectivity index (χ3n) is 4.41. The molecule has 2 heterocycles. The number of aliphatic hydroxyl groups excluding tert-OH is 2. The lowest BCUT2D eigenvalue weighted by atomic mass is 9.97. The number of nitrogens with one attached hydrogen (secondary N) is 1. The van der Waals surface area contributed by atoms with Gasteiger partial charge in [-0.05, 0) is 11.6 Å². The van der Waals surface area contributed by atoms with Crippen LogP contribution in [0.2, 0.25) is 0 Å². The van der Waals surface area contributed by atoms with Crippen molar-refractivity contribution in [2.45, 2.75) is 36.9 Å². The van der Waals surface area contributed by atoms with Crippen LogP contribution < -0.4 is 11.1 Å². The second-order valence-corrected chi connectivity index (χ2v) is 6.22. The number of nitrogens with two attached hydrogens (primary N) is 1. The third-order valence-corrected chi connectivity index (χ3v) is 4.41. The Morgan fingerprint density at radius 3 is 2.72 bits per heavy atom. The van der Waals surface area contributed by atoms with E-state index in [9.17, 15) is 14.7 Å². The molecule has 0 radical (unpaired) electrons. The highest BCUT2D eigenvalue weighted by atomic mass is 16.5. The number of ketones is 1. The standard InChI is InChI=1S/C17H21N3O5/c18-17(14(23)8-11-4-2-1-3-5-11)6-7-20(16(24)19-17)15-9-12(22)13(10-21)25-15/h1-7,12-13,15,21-22H,8-10,18H2,(H,19,24)/t12-,13+,15+,17?/m0/s1. The van der Waals surface area contributed by atoms with Crippen LogP contribution in [0.25, 0.3) is 0 Å². The zero-order valence-electron chi connectivity index (χ0n) is 13.5. The van der Waals surface area contributed by atoms with Crippen LogP contribution in [0, 0.1) is 0 Å². The molecule has 0 aliphatic carbocycles. The number of hydrogen-bond donors (Lipinski definition) is 4. The van der Waals surface area contributed by atoms with Crippen LogP contribution in [0.1, 0.15) is 12.0 Å². The van der Waals surface area contributed by atoms with E-state index >= 15 is 0 Å². The summed E-state index contributed by atoms with van der Waals surface area (Å²) >= 11 is 0. The minimum Gasteiger partial charge on any atom is -0.394 e. The molecule has 5 N–H and O–H groups in total. The van der Waals surface area contributed by atoms with Gasteiger partial charge in [-0.1, -0.05) is 30.3 Å². The normalized spacial score (nSPS) is 31.9. The van der Waals surface area contributed by atoms with E-state index in [0.717, 1.165) is 5.56 Å². The summed E-state index contributed by atoms with van der Waals surface area (Å²) in [6.07, 6.45) is 0.722. The van der Waals surface area contributed by atoms with Gasteiger partial charge in [-0.3, -0.25) is 15.4 Å². The highest BCUT2D eigenvalue weighted by Crippen LogP contribution is 2.25. The van der Waals surface area contributed by atoms with Crippen molar-refractivity contribution < 1.29 is 24.5 Å². The second-order valence-electron chi connectivity index (χ2n) is 6.22. The highest BCUT2D eigenvalue weighted by molar-refractivity contribution is 5.96. The van der Waals surface area contributed by atoms with E-state index < -0.39 is 30.1 Å². The van der Waals surface area contributed by atoms with Gasteiger partial charge in [0.1, 0.15) is 12.3 Å². The van der Waals surface area contributed by atoms with E-state index in [1.807, 2.05) is 30.3 Å². The molecule has 1 fully saturated rings. The average Bonchev–Trinajstić information content (AvgIpc) is 2.96. The number of nitrogens with zero attached hydrogens (tertiary/aromatic N) is 1. The zero-order valence-corrected chi connectivity index (χ0v) is 13.5. The smallest absolute Gasteiger partial charge is 0.325 e. The lowest BCUT2D eigenvalue weighted by molar-refractivity contribution is -0.123. The molecule has 1 unspecified atom stereocenters. The molecule has 1 aromatic rings. The maximum Gasteiger partial charge on any atom is 0.325 e. The summed E-state index contributed by atoms with van der Waals surface area (Å²) in [5, 5.41) is 21.4. The van der Waals surface area contributed by atoms with Gasteiger partial charge < -0.3 is 20.3 Å². The first-order valence-corrected chi connectivity index (χ1v) is 8.03. The van der Waals surface area contributed by atoms with Gasteiger partial charge in [0.2, 0.25) is 0 Å². The van der Waals surface area contributed by atoms with E-state index in [1.54, 1.807) is 0 Å². The number of carbonyl (C=O) groups is 2. The number of Topliss-reactive ketones (excluding diaryl/α,β-unsaturated/α-hetero) is 1. The molecule has 8 heteroatoms. The first kappa shape index (κ1) is 17.6. The van der Waals surface area contributed by atoms with Crippen molar-refractivity contribution in [1.82, 2.24) is 10.2 Å². The Bertz CT molecular complexity index is 680. The highest BCUT2D eigenvalue weighted by Gasteiger charge is 2.43. The van der Waals surface area contributed by atoms with Crippen molar-refractivity contribution in [2.75, 3.05) is 6.61 Å². The minimum absolute atomic E-state index is 0.0905. The number of carbonyl (C=O) groups excluding carboxylic acids is 2. The van der Waals surface area contributed by atoms with E-state index in [1.165, 1.54) is 17.2 Å². The minimum atomic E-state index is -1.60. The van der Waals surface area contributed by atoms with Crippen LogP contribution >= 0.6 is 0 Å². The number of benzene rings is 1. The number of urea groups is 1. The van der Waals surface area contributed by atoms with Crippen molar-refractivity contribution in [3.05, 3.63) is 48.2 Å². The number of aliphatic hydroxyl groups is 2. The van der Waals surface area contributed by atoms with Crippen LogP contribution in [0.15, 0.2) is 42.6 Å². The molecule has 1 saturated heterocycles. The predicted octanol–water partition coefficient (Wildman–Crippen LogP) is -0.540. The number of amides is 2. The zero-order chi connectivity index (χ0) is 18.0. The van der Waals surface area contributed by atoms with Gasteiger partial charge in [0.15, 0.2) is 11.4 Å². The fraction of sp³-hybridized carbons (Fsp3) is 0.412. The Morgan fingerprint density at radius 2 is 2.12 bits per heavy atom. The molecule has 0 aromatic heterocycles. The number of hydrogen-bond acceptors (Lipinski definition) is 6. The molecule has 8 nitrogen and oxygen atoms in total. The summed E-state index contributed by atoms with van der Waals surface area (Å²) in [6, 6.07) is 8.52. The number of ether oxygens (including phenoxy) is 1. The summed E-state index contributed by atoms with van der Waals surface area (Å²) in [6.45, 7) is -0.340. The lowest BCUT2D eigenvalue weighted by Crippen LogP contribution is -2.66. The van der Waals surface area contributed by atoms with Crippen molar-refractivity contribution in [3.8, 4) is 0 Å². The van der Waals surface area contributed by atoms with Crippen molar-refractivity contribution in [3.63, 3.8) is 0 Å². The fourth-order valence-electron chi connectivity index (χ4n) is 2.92. The fourth-order valence-corrected chi connectivity index (χ4v) is 2.92. The maximum absolute atomic E-state index is 12.5. The molecule has 2 aliphatic rings. The van der Waals surface area contributed by atoms with Gasteiger partial charge in [0.25, 0.3) is 0 Å². The summed E-state index contributed by atoms with van der Waals surface area (Å²) in [5.41, 5.74) is 5.26. The van der Waals surface area contributed by atoms with Crippen LogP contribution in [-0.4, -0.2) is 57.6 Å². The van der Waals surface area contributed by atoms with Gasteiger partial charge in [-0.25, -0.2) is 4.79 Å². The average molecular weight is 347 g/mol. The molecule has 134 valence electrons. The largest absolute Gasteiger partial charge is 0.394 e. The molecule has 2 amide bonds. The van der Waals surface area contributed by atoms with E-state index in [0.29, 0.717) is 0 Å². The van der Waals surface area contributed by atoms with Crippen molar-refractivity contribution in [1.29, 1.82) is 0 Å². The monoisotopic (exact) mass is 347 g/mol. The van der Waals surface area contributed by atoms with Crippen LogP contribution in [0.4, 0.5) is 4.79 Å². The summed E-state index contributed by atoms with van der Waals surface area (Å²) in [4.78, 5) is 26.1. The van der Waals surface area contributed by atoms with Crippen LogP contribution in [0.3, 0.4) is 0 Å². The van der Waals surface area contributed by atoms with E-state index in [2.05, 4.69) is 5.32 Å². The van der Waals surface area contributed by atoms with Gasteiger partial charge >= 0.3 is 6.03 Å². The third kappa shape index (κ3) is 3.57. The number of rotatable bonds is 5. The Balaban J connectivity index is 1.70. The van der Waals surface area contributed by atoms with E-state index in [-0.39, 0.29) is 25.2 Å². The molecule has 1 aromatic carbocycles. The van der Waals surface area contributed by atoms with Gasteiger partial charge in [0.05, 0.1) is 12.7 Å². The Hall–Kier alpha value is -2.26. The molecule has 0 bridgehead atoms. The maximum atomic E-state index is 12.5.